The van der Waals surface area contributed by atoms with Crippen molar-refractivity contribution in [2.45, 2.75) is 51.9 Å². The molecule has 1 saturated heterocycles. The minimum atomic E-state index is -3.70. The highest BCUT2D eigenvalue weighted by Crippen LogP contribution is 2.31. The maximum atomic E-state index is 13.3. The fourth-order valence-corrected chi connectivity index (χ4v) is 6.25. The van der Waals surface area contributed by atoms with E-state index in [9.17, 15) is 13.2 Å². The standard InChI is InChI=1S/C26H32N4O4S/c1-16(2)24-28-26(34-29-24)22-11-6-8-19(5)23(22)27-25(31)20-9-7-10-21(13-20)35(32,33)30-14-17(3)12-18(4)15-30/h6-11,13,16-18H,12,14-15H2,1-5H3,(H,27,31). The quantitative estimate of drug-likeness (QED) is 0.510. The number of piperidine rings is 1. The van der Waals surface area contributed by atoms with Gasteiger partial charge in [0.1, 0.15) is 0 Å². The zero-order valence-corrected chi connectivity index (χ0v) is 21.6. The van der Waals surface area contributed by atoms with Crippen LogP contribution in [0.3, 0.4) is 0 Å². The van der Waals surface area contributed by atoms with Gasteiger partial charge in [-0.05, 0) is 55.0 Å². The maximum absolute atomic E-state index is 13.3. The summed E-state index contributed by atoms with van der Waals surface area (Å²) in [6, 6.07) is 11.7. The third-order valence-electron chi connectivity index (χ3n) is 6.27. The largest absolute Gasteiger partial charge is 0.334 e. The molecule has 1 N–H and O–H groups in total. The molecule has 1 aromatic heterocycles. The summed E-state index contributed by atoms with van der Waals surface area (Å²) in [6.45, 7) is 10.9. The van der Waals surface area contributed by atoms with Crippen LogP contribution in [-0.4, -0.2) is 41.9 Å². The number of aryl methyl sites for hydroxylation is 1. The molecule has 1 aliphatic heterocycles. The van der Waals surface area contributed by atoms with Gasteiger partial charge in [-0.25, -0.2) is 8.42 Å². The summed E-state index contributed by atoms with van der Waals surface area (Å²) in [7, 11) is -3.70. The number of anilines is 1. The number of nitrogens with one attached hydrogen (secondary N) is 1. The molecule has 2 unspecified atom stereocenters. The van der Waals surface area contributed by atoms with Crippen molar-refractivity contribution in [3.63, 3.8) is 0 Å². The van der Waals surface area contributed by atoms with Crippen molar-refractivity contribution in [2.75, 3.05) is 18.4 Å². The Hall–Kier alpha value is -3.04. The van der Waals surface area contributed by atoms with Crippen LogP contribution in [0.15, 0.2) is 51.9 Å². The zero-order chi connectivity index (χ0) is 25.3. The van der Waals surface area contributed by atoms with Crippen molar-refractivity contribution in [3.05, 3.63) is 59.4 Å². The van der Waals surface area contributed by atoms with Crippen molar-refractivity contribution >= 4 is 21.6 Å². The number of para-hydroxylation sites is 1. The van der Waals surface area contributed by atoms with E-state index in [1.807, 2.05) is 32.9 Å². The van der Waals surface area contributed by atoms with Crippen molar-refractivity contribution in [1.82, 2.24) is 14.4 Å². The molecule has 1 aliphatic rings. The number of carbonyl (C=O) groups is 1. The number of benzene rings is 2. The first kappa shape index (κ1) is 25.1. The molecule has 8 nitrogen and oxygen atoms in total. The number of rotatable bonds is 6. The van der Waals surface area contributed by atoms with Gasteiger partial charge in [0.05, 0.1) is 16.1 Å². The van der Waals surface area contributed by atoms with E-state index in [0.29, 0.717) is 47.9 Å². The molecule has 0 saturated carbocycles. The van der Waals surface area contributed by atoms with E-state index in [2.05, 4.69) is 29.3 Å². The van der Waals surface area contributed by atoms with Crippen LogP contribution in [0.4, 0.5) is 5.69 Å². The summed E-state index contributed by atoms with van der Waals surface area (Å²) in [4.78, 5) is 17.8. The van der Waals surface area contributed by atoms with Crippen molar-refractivity contribution in [1.29, 1.82) is 0 Å². The fourth-order valence-electron chi connectivity index (χ4n) is 4.53. The first-order valence-corrected chi connectivity index (χ1v) is 13.4. The number of aromatic nitrogens is 2. The molecule has 2 heterocycles. The summed E-state index contributed by atoms with van der Waals surface area (Å²) < 4.78 is 33.6. The lowest BCUT2D eigenvalue weighted by atomic mass is 9.94. The van der Waals surface area contributed by atoms with E-state index in [-0.39, 0.29) is 16.4 Å². The Kier molecular flexibility index (Phi) is 7.10. The van der Waals surface area contributed by atoms with E-state index < -0.39 is 15.9 Å². The second-order valence-corrected chi connectivity index (χ2v) is 11.8. The second-order valence-electron chi connectivity index (χ2n) is 9.86. The minimum absolute atomic E-state index is 0.103. The monoisotopic (exact) mass is 496 g/mol. The molecule has 1 amide bonds. The average Bonchev–Trinajstić information content (AvgIpc) is 3.30. The minimum Gasteiger partial charge on any atom is -0.334 e. The first-order chi connectivity index (χ1) is 16.6. The van der Waals surface area contributed by atoms with E-state index in [0.717, 1.165) is 12.0 Å². The normalized spacial score (nSPS) is 19.1. The van der Waals surface area contributed by atoms with Crippen LogP contribution in [0, 0.1) is 18.8 Å². The highest BCUT2D eigenvalue weighted by atomic mass is 32.2. The third kappa shape index (κ3) is 5.31. The lowest BCUT2D eigenvalue weighted by Gasteiger charge is -2.34. The van der Waals surface area contributed by atoms with E-state index in [4.69, 9.17) is 4.52 Å². The number of nitrogens with zero attached hydrogens (tertiary/aromatic N) is 3. The third-order valence-corrected chi connectivity index (χ3v) is 8.10. The van der Waals surface area contributed by atoms with Crippen LogP contribution in [-0.2, 0) is 10.0 Å². The molecule has 3 aromatic rings. The lowest BCUT2D eigenvalue weighted by molar-refractivity contribution is 0.102. The first-order valence-electron chi connectivity index (χ1n) is 11.9. The molecule has 2 aromatic carbocycles. The Bertz CT molecular complexity index is 1320. The van der Waals surface area contributed by atoms with Crippen LogP contribution in [0.25, 0.3) is 11.5 Å². The Morgan fingerprint density at radius 3 is 2.46 bits per heavy atom. The Morgan fingerprint density at radius 1 is 1.11 bits per heavy atom. The number of sulfonamides is 1. The average molecular weight is 497 g/mol. The summed E-state index contributed by atoms with van der Waals surface area (Å²) in [5.74, 6) is 1.17. The SMILES string of the molecule is Cc1cccc(-c2nc(C(C)C)no2)c1NC(=O)c1cccc(S(=O)(=O)N2CC(C)CC(C)C2)c1. The molecule has 9 heteroatoms. The maximum Gasteiger partial charge on any atom is 0.260 e. The van der Waals surface area contributed by atoms with Gasteiger partial charge in [0.25, 0.3) is 11.8 Å². The zero-order valence-electron chi connectivity index (χ0n) is 20.8. The van der Waals surface area contributed by atoms with E-state index in [1.165, 1.54) is 10.4 Å². The second kappa shape index (κ2) is 9.91. The van der Waals surface area contributed by atoms with Crippen molar-refractivity contribution < 1.29 is 17.7 Å². The number of hydrogen-bond acceptors (Lipinski definition) is 6. The molecule has 0 aliphatic carbocycles. The molecule has 4 rings (SSSR count). The van der Waals surface area contributed by atoms with Crippen molar-refractivity contribution in [3.8, 4) is 11.5 Å². The summed E-state index contributed by atoms with van der Waals surface area (Å²) in [5, 5.41) is 6.95. The van der Waals surface area contributed by atoms with Gasteiger partial charge >= 0.3 is 0 Å². The van der Waals surface area contributed by atoms with E-state index >= 15 is 0 Å². The Balaban J connectivity index is 1.62. The molecule has 1 fully saturated rings. The van der Waals surface area contributed by atoms with Crippen LogP contribution >= 0.6 is 0 Å². The van der Waals surface area contributed by atoms with Crippen LogP contribution in [0.2, 0.25) is 0 Å². The number of carbonyl (C=O) groups excluding carboxylic acids is 1. The summed E-state index contributed by atoms with van der Waals surface area (Å²) >= 11 is 0. The molecule has 35 heavy (non-hydrogen) atoms. The van der Waals surface area contributed by atoms with Gasteiger partial charge in [0.2, 0.25) is 10.0 Å². The van der Waals surface area contributed by atoms with Gasteiger partial charge in [0.15, 0.2) is 5.82 Å². The highest BCUT2D eigenvalue weighted by Gasteiger charge is 2.32. The summed E-state index contributed by atoms with van der Waals surface area (Å²) in [5.41, 5.74) is 2.23. The molecule has 2 atom stereocenters. The van der Waals surface area contributed by atoms with Crippen LogP contribution in [0.1, 0.15) is 61.8 Å². The van der Waals surface area contributed by atoms with Gasteiger partial charge in [-0.2, -0.15) is 9.29 Å². The number of hydrogen-bond donors (Lipinski definition) is 1. The predicted octanol–water partition coefficient (Wildman–Crippen LogP) is 5.09. The molecule has 0 radical (unpaired) electrons. The molecular weight excluding hydrogens is 464 g/mol. The number of amides is 1. The Morgan fingerprint density at radius 2 is 1.80 bits per heavy atom. The van der Waals surface area contributed by atoms with Crippen molar-refractivity contribution in [2.24, 2.45) is 11.8 Å². The molecule has 0 spiro atoms. The summed E-state index contributed by atoms with van der Waals surface area (Å²) in [6.07, 6.45) is 1.01. The lowest BCUT2D eigenvalue weighted by Crippen LogP contribution is -2.42. The molecule has 186 valence electrons. The molecular formula is C26H32N4O4S. The van der Waals surface area contributed by atoms with Gasteiger partial charge in [-0.15, -0.1) is 0 Å². The smallest absolute Gasteiger partial charge is 0.260 e. The molecule has 0 bridgehead atoms. The van der Waals surface area contributed by atoms with E-state index in [1.54, 1.807) is 24.3 Å². The van der Waals surface area contributed by atoms with Gasteiger partial charge in [-0.3, -0.25) is 4.79 Å². The Labute approximate surface area is 206 Å². The van der Waals surface area contributed by atoms with Crippen LogP contribution < -0.4 is 5.32 Å². The van der Waals surface area contributed by atoms with Gasteiger partial charge < -0.3 is 9.84 Å². The van der Waals surface area contributed by atoms with Gasteiger partial charge in [0, 0.05) is 24.6 Å². The fraction of sp³-hybridized carbons (Fsp3) is 0.423. The van der Waals surface area contributed by atoms with Gasteiger partial charge in [-0.1, -0.05) is 51.1 Å². The highest BCUT2D eigenvalue weighted by molar-refractivity contribution is 7.89. The predicted molar refractivity (Wildman–Crippen MR) is 135 cm³/mol. The topological polar surface area (TPSA) is 105 Å². The van der Waals surface area contributed by atoms with Crippen LogP contribution in [0.5, 0.6) is 0 Å².